The number of fused-ring (bicyclic) bond motifs is 8. The summed E-state index contributed by atoms with van der Waals surface area (Å²) in [6.07, 6.45) is 12.5. The van der Waals surface area contributed by atoms with E-state index in [4.69, 9.17) is 65.8 Å². The number of methoxy groups -OCH3 is 1. The number of nitrogens with one attached hydrogen (secondary N) is 6. The van der Waals surface area contributed by atoms with Crippen molar-refractivity contribution in [2.24, 2.45) is 10.8 Å². The lowest BCUT2D eigenvalue weighted by molar-refractivity contribution is -0.384. The number of hydrogen-bond donors (Lipinski definition) is 13. The molecule has 18 aromatic rings. The first-order valence-electron chi connectivity index (χ1n) is 38.0. The molecule has 19 rings (SSSR count). The van der Waals surface area contributed by atoms with Gasteiger partial charge in [-0.15, -0.1) is 11.3 Å². The summed E-state index contributed by atoms with van der Waals surface area (Å²) in [5.74, 6) is 4.68. The van der Waals surface area contributed by atoms with Gasteiger partial charge in [-0.3, -0.25) is 10.1 Å². The van der Waals surface area contributed by atoms with E-state index < -0.39 is 10.8 Å². The van der Waals surface area contributed by atoms with Gasteiger partial charge in [-0.05, 0) is 199 Å². The van der Waals surface area contributed by atoms with Gasteiger partial charge in [-0.2, -0.15) is 15.6 Å². The van der Waals surface area contributed by atoms with Gasteiger partial charge in [0.15, 0.2) is 17.2 Å². The number of furan rings is 1. The van der Waals surface area contributed by atoms with E-state index in [2.05, 4.69) is 72.5 Å². The fourth-order valence-electron chi connectivity index (χ4n) is 13.0. The number of halogens is 2. The first kappa shape index (κ1) is 83.9. The van der Waals surface area contributed by atoms with E-state index in [1.165, 1.54) is 29.5 Å². The Hall–Kier alpha value is -16.6. The topological polar surface area (TPSA) is 464 Å². The van der Waals surface area contributed by atoms with Crippen molar-refractivity contribution >= 4 is 176 Å². The molecule has 28 nitrogen and oxygen atoms in total. The van der Waals surface area contributed by atoms with Crippen LogP contribution in [0.15, 0.2) is 270 Å². The Morgan fingerprint density at radius 3 is 1.93 bits per heavy atom. The van der Waals surface area contributed by atoms with Crippen LogP contribution in [-0.2, 0) is 0 Å². The van der Waals surface area contributed by atoms with Crippen molar-refractivity contribution in [2.45, 2.75) is 12.8 Å². The Bertz CT molecular complexity index is 7150. The zero-order chi connectivity index (χ0) is 87.1. The predicted octanol–water partition coefficient (Wildman–Crippen LogP) is 20.5. The Kier molecular flexibility index (Phi) is 25.7. The van der Waals surface area contributed by atoms with Crippen LogP contribution < -0.4 is 48.5 Å². The molecular weight excluding hydrogens is 1630 g/mol. The number of allylic oxidation sites excluding steroid dienone is 3. The molecule has 1 aliphatic heterocycles. The highest BCUT2D eigenvalue weighted by molar-refractivity contribution is 7.19. The number of nitrogen functional groups attached to an aromatic ring is 4. The number of aromatic amines is 5. The van der Waals surface area contributed by atoms with Crippen molar-refractivity contribution in [3.63, 3.8) is 0 Å². The van der Waals surface area contributed by atoms with Crippen molar-refractivity contribution in [2.75, 3.05) is 54.5 Å². The smallest absolute Gasteiger partial charge is 0.292 e. The standard InChI is InChI=1S/C20H16N4O3S.C17H13N3O2.C16H14N4.C14H13N3O.C13H10Cl2N4.C13H11N3O/c1-23(2)14-8-7-11(9-15(14)24(25)26)17-13(10-21)20(22)27-18-12-5-3-4-6-16(12)28-19(17)18;1-10-2-4-13-14(6-10)20-17(19-13)12(9-18)7-11-3-5-15(21)16(22)8-11;1-2-7-13(8-3-1)9-6-12-17-20-16-18-14-10-4-5-11-15(14)19-16;1-18-11-4-2-3-9(7-11)14-16-12-6-5-10(15)8-13(12)17-14;14-8-3-6(4-9(15)12(8)17)13-18-10-2-1-7(16)5-11(10)19-13;14-9-3-5-11-12(8-9)16-13(15-11)6-4-10-2-1-7-17-10/h3-9,17H,22H2,1-2H3;2-8,21-22H,1H3,(H,19,20);1-12H,(H2,18,19,20);2-8H,15H2,1H3,(H,16,17);1-5H,16-17H2,(H,18,19);1-8H,14H2,(H,15,16)/b;12-7+;9-6+,17-12+;;;6-4+. The van der Waals surface area contributed by atoms with E-state index in [0.29, 0.717) is 67.2 Å². The van der Waals surface area contributed by atoms with Crippen LogP contribution in [0.4, 0.5) is 40.1 Å². The number of anilines is 6. The van der Waals surface area contributed by atoms with Gasteiger partial charge in [0, 0.05) is 64.7 Å². The average Bonchev–Trinajstić information content (AvgIpc) is 1.30. The van der Waals surface area contributed by atoms with Crippen molar-refractivity contribution in [3.8, 4) is 57.9 Å². The molecule has 8 heterocycles. The maximum atomic E-state index is 11.6. The number of nitro benzene ring substituents is 1. The van der Waals surface area contributed by atoms with Crippen molar-refractivity contribution < 1.29 is 29.0 Å². The van der Waals surface area contributed by atoms with E-state index in [0.717, 1.165) is 127 Å². The summed E-state index contributed by atoms with van der Waals surface area (Å²) in [5.41, 5.74) is 49.6. The number of thiophene rings is 1. The highest BCUT2D eigenvalue weighted by atomic mass is 35.5. The Morgan fingerprint density at radius 2 is 1.27 bits per heavy atom. The number of aromatic hydroxyl groups is 2. The van der Waals surface area contributed by atoms with Gasteiger partial charge in [0.25, 0.3) is 5.69 Å². The zero-order valence-corrected chi connectivity index (χ0v) is 68.9. The van der Waals surface area contributed by atoms with Gasteiger partial charge in [-0.25, -0.2) is 30.3 Å². The van der Waals surface area contributed by atoms with Crippen LogP contribution in [0.1, 0.15) is 50.5 Å². The van der Waals surface area contributed by atoms with Crippen molar-refractivity contribution in [1.82, 2.24) is 49.8 Å². The first-order chi connectivity index (χ1) is 60.0. The summed E-state index contributed by atoms with van der Waals surface area (Å²) in [4.78, 5) is 51.8. The van der Waals surface area contributed by atoms with Gasteiger partial charge in [0.2, 0.25) is 11.8 Å². The number of nitriles is 2. The molecule has 0 radical (unpaired) electrons. The van der Waals surface area contributed by atoms with Gasteiger partial charge in [-0.1, -0.05) is 114 Å². The summed E-state index contributed by atoms with van der Waals surface area (Å²) < 4.78 is 17.2. The highest BCUT2D eigenvalue weighted by Crippen LogP contribution is 2.51. The number of phenolic OH excluding ortho intramolecular Hbond substituents is 2. The van der Waals surface area contributed by atoms with E-state index in [1.807, 2.05) is 213 Å². The summed E-state index contributed by atoms with van der Waals surface area (Å²) in [6, 6.07) is 76.8. The fourth-order valence-corrected chi connectivity index (χ4v) is 14.8. The summed E-state index contributed by atoms with van der Waals surface area (Å²) in [7, 11) is 5.15. The molecule has 11 aromatic carbocycles. The minimum absolute atomic E-state index is 0.0208. The highest BCUT2D eigenvalue weighted by Gasteiger charge is 2.35. The summed E-state index contributed by atoms with van der Waals surface area (Å²) in [5, 5.41) is 55.3. The molecule has 0 bridgehead atoms. The zero-order valence-electron chi connectivity index (χ0n) is 66.6. The van der Waals surface area contributed by atoms with E-state index >= 15 is 0 Å². The second-order valence-electron chi connectivity index (χ2n) is 28.0. The maximum absolute atomic E-state index is 11.6. The SMILES string of the molecule is C(=C\c1ccccc1)/C=N/Nc1nc2ccccc2[nH]1.CN(C)c1ccc(C2C(C#N)=C(N)Oc3c2sc2ccccc32)cc1[N+](=O)[O-].COc1cccc(-c2nc3ccc(N)cc3[nH]2)c1.Cc1ccc2nc(/C(C#N)=C/c3ccc(O)c(O)c3)[nH]c2c1.Nc1ccc2nc(-c3cc(Cl)c(N)c(Cl)c3)[nH]c2c1.Nc1ccc2nc(/C=C/c3ccco3)[nH]c2c1. The molecule has 1 aliphatic rings. The van der Waals surface area contributed by atoms with Gasteiger partial charge < -0.3 is 82.6 Å². The first-order valence-corrected chi connectivity index (χ1v) is 39.6. The monoisotopic (exact) mass is 1700 g/mol. The van der Waals surface area contributed by atoms with Crippen LogP contribution in [-0.4, -0.2) is 92.4 Å². The van der Waals surface area contributed by atoms with E-state index in [-0.39, 0.29) is 28.6 Å². The van der Waals surface area contributed by atoms with Crippen LogP contribution in [0.2, 0.25) is 10.0 Å². The number of nitro groups is 1. The van der Waals surface area contributed by atoms with Crippen LogP contribution in [0.3, 0.4) is 0 Å². The van der Waals surface area contributed by atoms with Gasteiger partial charge >= 0.3 is 0 Å². The Morgan fingerprint density at radius 1 is 0.621 bits per heavy atom. The van der Waals surface area contributed by atoms with E-state index in [9.17, 15) is 30.9 Å². The number of rotatable bonds is 14. The molecule has 7 aromatic heterocycles. The molecule has 0 saturated heterocycles. The molecular formula is C93H77Cl2N21O7S. The molecule has 0 saturated carbocycles. The summed E-state index contributed by atoms with van der Waals surface area (Å²) >= 11 is 13.5. The van der Waals surface area contributed by atoms with E-state index in [1.54, 1.807) is 81.1 Å². The number of nitrogens with zero attached hydrogens (tertiary/aromatic N) is 10. The number of hydrazone groups is 1. The molecule has 0 spiro atoms. The number of benzene rings is 11. The molecule has 1 atom stereocenters. The van der Waals surface area contributed by atoms with Gasteiger partial charge in [0.05, 0.1) is 106 Å². The number of para-hydroxylation sites is 2. The van der Waals surface area contributed by atoms with Crippen molar-refractivity contribution in [3.05, 3.63) is 325 Å². The number of imidazole rings is 5. The molecule has 18 N–H and O–H groups in total. The Balaban J connectivity index is 0.000000122. The number of H-pyrrole nitrogens is 5. The van der Waals surface area contributed by atoms with Crippen LogP contribution in [0.25, 0.3) is 118 Å². The lowest BCUT2D eigenvalue weighted by atomic mass is 9.88. The molecule has 0 fully saturated rings. The van der Waals surface area contributed by atoms with Crippen molar-refractivity contribution in [1.29, 1.82) is 10.5 Å². The lowest BCUT2D eigenvalue weighted by Crippen LogP contribution is -2.20. The number of aromatic nitrogens is 10. The largest absolute Gasteiger partial charge is 0.504 e. The second kappa shape index (κ2) is 38.0. The number of ether oxygens (including phenoxy) is 2. The summed E-state index contributed by atoms with van der Waals surface area (Å²) in [6.45, 7) is 1.99. The van der Waals surface area contributed by atoms with Crippen LogP contribution in [0, 0.1) is 39.7 Å². The third-order valence-electron chi connectivity index (χ3n) is 19.0. The third-order valence-corrected chi connectivity index (χ3v) is 20.9. The minimum atomic E-state index is -0.513. The van der Waals surface area contributed by atoms with Crippen LogP contribution >= 0.6 is 34.5 Å². The fraction of sp³-hybridized carbons (Fsp3) is 0.0538. The number of nitrogens with two attached hydrogens (primary N) is 5. The maximum Gasteiger partial charge on any atom is 0.292 e. The Labute approximate surface area is 722 Å². The molecule has 31 heteroatoms. The third kappa shape index (κ3) is 20.0. The quantitative estimate of drug-likeness (QED) is 0.0120. The normalized spacial score (nSPS) is 12.3. The molecule has 0 amide bonds. The average molecular weight is 1700 g/mol. The molecule has 0 aliphatic carbocycles. The number of hydrogen-bond acceptors (Lipinski definition) is 23. The number of phenols is 2. The molecule has 1 unspecified atom stereocenters. The van der Waals surface area contributed by atoms with Gasteiger partial charge in [0.1, 0.15) is 58.2 Å². The number of aryl methyl sites for hydroxylation is 1. The molecule has 616 valence electrons. The van der Waals surface area contributed by atoms with Crippen LogP contribution in [0.5, 0.6) is 23.0 Å². The predicted molar refractivity (Wildman–Crippen MR) is 497 cm³/mol. The lowest BCUT2D eigenvalue weighted by Gasteiger charge is -2.24. The second-order valence-corrected chi connectivity index (χ2v) is 29.9. The molecule has 124 heavy (non-hydrogen) atoms. The minimum Gasteiger partial charge on any atom is -0.504 e.